The largest absolute Gasteiger partial charge is 0.338 e. The van der Waals surface area contributed by atoms with Crippen LogP contribution in [0.2, 0.25) is 0 Å². The number of hydrogen-bond donors (Lipinski definition) is 2. The van der Waals surface area contributed by atoms with E-state index in [9.17, 15) is 9.18 Å². The summed E-state index contributed by atoms with van der Waals surface area (Å²) >= 11 is 0. The standard InChI is InChI=1S/C20H23FN2O/c1-15-2-6-17(7-3-15)20(11-12-20)14-23-19(24)22-13-10-16-4-8-18(21)9-5-16/h2-9H,10-14H2,1H3,(H2,22,23,24). The zero-order valence-electron chi connectivity index (χ0n) is 13.9. The van der Waals surface area contributed by atoms with Gasteiger partial charge in [0.2, 0.25) is 0 Å². The minimum absolute atomic E-state index is 0.113. The van der Waals surface area contributed by atoms with E-state index in [0.717, 1.165) is 18.4 Å². The number of benzene rings is 2. The Morgan fingerprint density at radius 2 is 1.71 bits per heavy atom. The number of hydrogen-bond acceptors (Lipinski definition) is 1. The Morgan fingerprint density at radius 3 is 2.33 bits per heavy atom. The zero-order valence-corrected chi connectivity index (χ0v) is 13.9. The molecule has 126 valence electrons. The Kier molecular flexibility index (Phi) is 4.84. The Bertz CT molecular complexity index is 691. The molecule has 1 aliphatic carbocycles. The molecular formula is C20H23FN2O. The fourth-order valence-electron chi connectivity index (χ4n) is 2.91. The molecule has 2 N–H and O–H groups in total. The van der Waals surface area contributed by atoms with Crippen molar-refractivity contribution in [1.82, 2.24) is 10.6 Å². The van der Waals surface area contributed by atoms with Gasteiger partial charge >= 0.3 is 6.03 Å². The lowest BCUT2D eigenvalue weighted by Gasteiger charge is -2.17. The minimum Gasteiger partial charge on any atom is -0.338 e. The highest BCUT2D eigenvalue weighted by atomic mass is 19.1. The van der Waals surface area contributed by atoms with Gasteiger partial charge in [0.1, 0.15) is 5.82 Å². The molecule has 1 aliphatic rings. The molecule has 0 aliphatic heterocycles. The fourth-order valence-corrected chi connectivity index (χ4v) is 2.91. The van der Waals surface area contributed by atoms with Gasteiger partial charge in [-0.05, 0) is 49.4 Å². The first-order chi connectivity index (χ1) is 11.6. The quantitative estimate of drug-likeness (QED) is 0.835. The average molecular weight is 326 g/mol. The molecular weight excluding hydrogens is 303 g/mol. The van der Waals surface area contributed by atoms with Crippen molar-refractivity contribution in [3.8, 4) is 0 Å². The summed E-state index contributed by atoms with van der Waals surface area (Å²) in [6.07, 6.45) is 2.93. The number of carbonyl (C=O) groups excluding carboxylic acids is 1. The van der Waals surface area contributed by atoms with Crippen LogP contribution in [0, 0.1) is 12.7 Å². The van der Waals surface area contributed by atoms with E-state index in [1.54, 1.807) is 12.1 Å². The average Bonchev–Trinajstić information content (AvgIpc) is 3.37. The highest BCUT2D eigenvalue weighted by Gasteiger charge is 2.44. The molecule has 0 bridgehead atoms. The summed E-state index contributed by atoms with van der Waals surface area (Å²) in [5.74, 6) is -0.240. The second-order valence-electron chi connectivity index (χ2n) is 6.63. The van der Waals surface area contributed by atoms with E-state index in [1.165, 1.54) is 23.3 Å². The molecule has 24 heavy (non-hydrogen) atoms. The summed E-state index contributed by atoms with van der Waals surface area (Å²) in [5.41, 5.74) is 3.68. The van der Waals surface area contributed by atoms with Crippen molar-refractivity contribution in [2.45, 2.75) is 31.6 Å². The molecule has 1 saturated carbocycles. The van der Waals surface area contributed by atoms with Crippen LogP contribution < -0.4 is 10.6 Å². The third kappa shape index (κ3) is 4.13. The number of halogens is 1. The van der Waals surface area contributed by atoms with Crippen molar-refractivity contribution in [3.63, 3.8) is 0 Å². The number of nitrogens with one attached hydrogen (secondary N) is 2. The normalized spacial score (nSPS) is 14.9. The van der Waals surface area contributed by atoms with Gasteiger partial charge in [-0.1, -0.05) is 42.0 Å². The topological polar surface area (TPSA) is 41.1 Å². The van der Waals surface area contributed by atoms with Crippen molar-refractivity contribution < 1.29 is 9.18 Å². The lowest BCUT2D eigenvalue weighted by atomic mass is 9.95. The summed E-state index contributed by atoms with van der Waals surface area (Å²) in [6, 6.07) is 14.8. The lowest BCUT2D eigenvalue weighted by Crippen LogP contribution is -2.40. The van der Waals surface area contributed by atoms with Crippen molar-refractivity contribution in [2.24, 2.45) is 0 Å². The van der Waals surface area contributed by atoms with Crippen LogP contribution in [-0.2, 0) is 11.8 Å². The Labute approximate surface area is 142 Å². The van der Waals surface area contributed by atoms with Crippen LogP contribution >= 0.6 is 0 Å². The van der Waals surface area contributed by atoms with Gasteiger partial charge in [0.15, 0.2) is 0 Å². The Hall–Kier alpha value is -2.36. The predicted octanol–water partition coefficient (Wildman–Crippen LogP) is 3.71. The van der Waals surface area contributed by atoms with Crippen molar-refractivity contribution in [2.75, 3.05) is 13.1 Å². The maximum absolute atomic E-state index is 12.8. The minimum atomic E-state index is -0.240. The van der Waals surface area contributed by atoms with E-state index in [-0.39, 0.29) is 17.3 Å². The molecule has 2 amide bonds. The lowest BCUT2D eigenvalue weighted by molar-refractivity contribution is 0.240. The number of amides is 2. The highest BCUT2D eigenvalue weighted by molar-refractivity contribution is 5.74. The molecule has 2 aromatic rings. The van der Waals surface area contributed by atoms with Crippen molar-refractivity contribution in [3.05, 3.63) is 71.0 Å². The van der Waals surface area contributed by atoms with E-state index < -0.39 is 0 Å². The van der Waals surface area contributed by atoms with Crippen LogP contribution in [0.4, 0.5) is 9.18 Å². The van der Waals surface area contributed by atoms with Crippen LogP contribution in [0.3, 0.4) is 0 Å². The van der Waals surface area contributed by atoms with Gasteiger partial charge in [0.25, 0.3) is 0 Å². The van der Waals surface area contributed by atoms with Crippen molar-refractivity contribution >= 4 is 6.03 Å². The zero-order chi connectivity index (χ0) is 17.0. The van der Waals surface area contributed by atoms with E-state index >= 15 is 0 Å². The third-order valence-electron chi connectivity index (χ3n) is 4.72. The van der Waals surface area contributed by atoms with Crippen LogP contribution in [0.15, 0.2) is 48.5 Å². The van der Waals surface area contributed by atoms with E-state index in [1.807, 2.05) is 0 Å². The first-order valence-corrected chi connectivity index (χ1v) is 8.41. The monoisotopic (exact) mass is 326 g/mol. The number of aryl methyl sites for hydroxylation is 1. The molecule has 2 aromatic carbocycles. The molecule has 0 unspecified atom stereocenters. The molecule has 0 saturated heterocycles. The van der Waals surface area contributed by atoms with Crippen LogP contribution in [0.25, 0.3) is 0 Å². The number of urea groups is 1. The first kappa shape index (κ1) is 16.5. The maximum atomic E-state index is 12.8. The second-order valence-corrected chi connectivity index (χ2v) is 6.63. The van der Waals surface area contributed by atoms with Gasteiger partial charge in [-0.25, -0.2) is 9.18 Å². The van der Waals surface area contributed by atoms with Crippen LogP contribution in [0.5, 0.6) is 0 Å². The predicted molar refractivity (Wildman–Crippen MR) is 93.6 cm³/mol. The molecule has 0 atom stereocenters. The van der Waals surface area contributed by atoms with Crippen LogP contribution in [0.1, 0.15) is 29.5 Å². The molecule has 3 rings (SSSR count). The van der Waals surface area contributed by atoms with Gasteiger partial charge in [-0.3, -0.25) is 0 Å². The van der Waals surface area contributed by atoms with E-state index in [0.29, 0.717) is 19.5 Å². The van der Waals surface area contributed by atoms with Gasteiger partial charge in [-0.2, -0.15) is 0 Å². The summed E-state index contributed by atoms with van der Waals surface area (Å²) in [6.45, 7) is 3.28. The second kappa shape index (κ2) is 7.04. The summed E-state index contributed by atoms with van der Waals surface area (Å²) in [4.78, 5) is 12.0. The molecule has 4 heteroatoms. The Balaban J connectivity index is 1.42. The van der Waals surface area contributed by atoms with Gasteiger partial charge in [-0.15, -0.1) is 0 Å². The fraction of sp³-hybridized carbons (Fsp3) is 0.350. The smallest absolute Gasteiger partial charge is 0.314 e. The van der Waals surface area contributed by atoms with E-state index in [4.69, 9.17) is 0 Å². The molecule has 0 aromatic heterocycles. The summed E-state index contributed by atoms with van der Waals surface area (Å²) < 4.78 is 12.8. The number of rotatable bonds is 6. The summed E-state index contributed by atoms with van der Waals surface area (Å²) in [5, 5.41) is 5.85. The SMILES string of the molecule is Cc1ccc(C2(CNC(=O)NCCc3ccc(F)cc3)CC2)cc1. The van der Waals surface area contributed by atoms with E-state index in [2.05, 4.69) is 41.8 Å². The molecule has 0 spiro atoms. The molecule has 0 radical (unpaired) electrons. The third-order valence-corrected chi connectivity index (χ3v) is 4.72. The molecule has 3 nitrogen and oxygen atoms in total. The molecule has 1 fully saturated rings. The Morgan fingerprint density at radius 1 is 1.04 bits per heavy atom. The van der Waals surface area contributed by atoms with Crippen molar-refractivity contribution in [1.29, 1.82) is 0 Å². The van der Waals surface area contributed by atoms with Gasteiger partial charge in [0.05, 0.1) is 0 Å². The summed E-state index contributed by atoms with van der Waals surface area (Å²) in [7, 11) is 0. The van der Waals surface area contributed by atoms with Gasteiger partial charge in [0, 0.05) is 18.5 Å². The maximum Gasteiger partial charge on any atom is 0.314 e. The highest BCUT2D eigenvalue weighted by Crippen LogP contribution is 2.47. The van der Waals surface area contributed by atoms with Gasteiger partial charge < -0.3 is 10.6 Å². The number of carbonyl (C=O) groups is 1. The molecule has 0 heterocycles. The first-order valence-electron chi connectivity index (χ1n) is 8.41. The van der Waals surface area contributed by atoms with Crippen LogP contribution in [-0.4, -0.2) is 19.1 Å².